The fourth-order valence-corrected chi connectivity index (χ4v) is 1.36. The van der Waals surface area contributed by atoms with Gasteiger partial charge < -0.3 is 10.6 Å². The van der Waals surface area contributed by atoms with Crippen molar-refractivity contribution < 1.29 is 13.6 Å². The quantitative estimate of drug-likeness (QED) is 0.819. The number of anilines is 1. The van der Waals surface area contributed by atoms with Gasteiger partial charge in [0.15, 0.2) is 0 Å². The predicted octanol–water partition coefficient (Wildman–Crippen LogP) is 1.66. The summed E-state index contributed by atoms with van der Waals surface area (Å²) >= 11 is 0. The summed E-state index contributed by atoms with van der Waals surface area (Å²) in [6.45, 7) is 0.169. The van der Waals surface area contributed by atoms with E-state index in [9.17, 15) is 13.6 Å². The zero-order valence-electron chi connectivity index (χ0n) is 8.59. The van der Waals surface area contributed by atoms with Crippen molar-refractivity contribution in [2.24, 2.45) is 0 Å². The summed E-state index contributed by atoms with van der Waals surface area (Å²) in [6, 6.07) is 3.35. The van der Waals surface area contributed by atoms with Gasteiger partial charge in [0, 0.05) is 17.8 Å². The zero-order chi connectivity index (χ0) is 11.5. The molecule has 0 radical (unpaired) electrons. The van der Waals surface area contributed by atoms with Gasteiger partial charge in [-0.25, -0.2) is 8.78 Å². The van der Waals surface area contributed by atoms with Crippen LogP contribution in [0, 0.1) is 11.6 Å². The second-order valence-electron chi connectivity index (χ2n) is 3.86. The van der Waals surface area contributed by atoms with Crippen molar-refractivity contribution in [2.45, 2.75) is 18.9 Å². The Balaban J connectivity index is 1.88. The summed E-state index contributed by atoms with van der Waals surface area (Å²) in [5.41, 5.74) is 0.139. The topological polar surface area (TPSA) is 41.1 Å². The summed E-state index contributed by atoms with van der Waals surface area (Å²) in [7, 11) is 0. The number of hydrogen-bond donors (Lipinski definition) is 2. The molecule has 2 N–H and O–H groups in total. The molecule has 0 bridgehead atoms. The Labute approximate surface area is 91.8 Å². The lowest BCUT2D eigenvalue weighted by Crippen LogP contribution is -2.29. The average Bonchev–Trinajstić information content (AvgIpc) is 2.96. The van der Waals surface area contributed by atoms with Crippen molar-refractivity contribution in [1.29, 1.82) is 0 Å². The third-order valence-electron chi connectivity index (χ3n) is 2.27. The lowest BCUT2D eigenvalue weighted by Gasteiger charge is -2.06. The minimum absolute atomic E-state index is 0.139. The number of carbonyl (C=O) groups is 1. The number of benzene rings is 1. The van der Waals surface area contributed by atoms with Gasteiger partial charge in [0.25, 0.3) is 0 Å². The van der Waals surface area contributed by atoms with Crippen LogP contribution in [0.15, 0.2) is 18.2 Å². The molecule has 0 heterocycles. The van der Waals surface area contributed by atoms with Crippen LogP contribution in [-0.2, 0) is 4.79 Å². The molecule has 0 aliphatic heterocycles. The molecule has 0 aromatic heterocycles. The molecule has 1 aliphatic carbocycles. The third-order valence-corrected chi connectivity index (χ3v) is 2.27. The van der Waals surface area contributed by atoms with Crippen LogP contribution in [0.5, 0.6) is 0 Å². The van der Waals surface area contributed by atoms with E-state index < -0.39 is 11.6 Å². The first-order valence-electron chi connectivity index (χ1n) is 5.13. The SMILES string of the molecule is O=C(CNC1CC1)Nc1cc(F)cc(F)c1. The Hall–Kier alpha value is -1.49. The van der Waals surface area contributed by atoms with E-state index in [0.29, 0.717) is 6.04 Å². The minimum Gasteiger partial charge on any atom is -0.325 e. The van der Waals surface area contributed by atoms with Crippen LogP contribution in [-0.4, -0.2) is 18.5 Å². The highest BCUT2D eigenvalue weighted by Gasteiger charge is 2.21. The molecule has 1 saturated carbocycles. The van der Waals surface area contributed by atoms with E-state index in [4.69, 9.17) is 0 Å². The van der Waals surface area contributed by atoms with E-state index >= 15 is 0 Å². The van der Waals surface area contributed by atoms with Crippen molar-refractivity contribution in [3.63, 3.8) is 0 Å². The highest BCUT2D eigenvalue weighted by Crippen LogP contribution is 2.18. The average molecular weight is 226 g/mol. The van der Waals surface area contributed by atoms with Gasteiger partial charge in [0.05, 0.1) is 6.54 Å². The summed E-state index contributed by atoms with van der Waals surface area (Å²) in [5, 5.41) is 5.43. The first-order valence-corrected chi connectivity index (χ1v) is 5.13. The molecule has 3 nitrogen and oxygen atoms in total. The molecule has 5 heteroatoms. The number of rotatable bonds is 4. The maximum Gasteiger partial charge on any atom is 0.238 e. The first kappa shape index (κ1) is 11.0. The van der Waals surface area contributed by atoms with Crippen LogP contribution < -0.4 is 10.6 Å². The molecule has 2 rings (SSSR count). The number of nitrogens with one attached hydrogen (secondary N) is 2. The van der Waals surface area contributed by atoms with Crippen LogP contribution in [0.25, 0.3) is 0 Å². The van der Waals surface area contributed by atoms with Crippen LogP contribution in [0.2, 0.25) is 0 Å². The highest BCUT2D eigenvalue weighted by molar-refractivity contribution is 5.92. The van der Waals surface area contributed by atoms with E-state index in [2.05, 4.69) is 10.6 Å². The van der Waals surface area contributed by atoms with E-state index in [1.165, 1.54) is 0 Å². The molecule has 0 unspecified atom stereocenters. The molecule has 1 aromatic carbocycles. The second-order valence-corrected chi connectivity index (χ2v) is 3.86. The maximum atomic E-state index is 12.8. The van der Waals surface area contributed by atoms with Gasteiger partial charge in [-0.3, -0.25) is 4.79 Å². The fourth-order valence-electron chi connectivity index (χ4n) is 1.36. The smallest absolute Gasteiger partial charge is 0.238 e. The molecule has 1 aromatic rings. The van der Waals surface area contributed by atoms with Gasteiger partial charge in [0.2, 0.25) is 5.91 Å². The minimum atomic E-state index is -0.703. The lowest BCUT2D eigenvalue weighted by molar-refractivity contribution is -0.115. The predicted molar refractivity (Wildman–Crippen MR) is 56.0 cm³/mol. The fraction of sp³-hybridized carbons (Fsp3) is 0.364. The van der Waals surface area contributed by atoms with E-state index in [1.54, 1.807) is 0 Å². The third kappa shape index (κ3) is 3.27. The van der Waals surface area contributed by atoms with Crippen LogP contribution in [0.3, 0.4) is 0 Å². The van der Waals surface area contributed by atoms with Gasteiger partial charge in [0.1, 0.15) is 11.6 Å². The molecule has 0 spiro atoms. The lowest BCUT2D eigenvalue weighted by atomic mass is 10.3. The van der Waals surface area contributed by atoms with Crippen LogP contribution in [0.4, 0.5) is 14.5 Å². The number of amides is 1. The number of halogens is 2. The standard InChI is InChI=1S/C11H12F2N2O/c12-7-3-8(13)5-10(4-7)15-11(16)6-14-9-1-2-9/h3-5,9,14H,1-2,6H2,(H,15,16). The first-order chi connectivity index (χ1) is 7.63. The monoisotopic (exact) mass is 226 g/mol. The van der Waals surface area contributed by atoms with Gasteiger partial charge >= 0.3 is 0 Å². The summed E-state index contributed by atoms with van der Waals surface area (Å²) in [4.78, 5) is 11.3. The molecule has 0 atom stereocenters. The zero-order valence-corrected chi connectivity index (χ0v) is 8.59. The van der Waals surface area contributed by atoms with Crippen molar-refractivity contribution in [3.8, 4) is 0 Å². The summed E-state index contributed by atoms with van der Waals surface area (Å²) in [5.74, 6) is -1.70. The number of carbonyl (C=O) groups excluding carboxylic acids is 1. The van der Waals surface area contributed by atoms with E-state index in [-0.39, 0.29) is 18.1 Å². The Morgan fingerprint density at radius 3 is 2.44 bits per heavy atom. The van der Waals surface area contributed by atoms with Crippen molar-refractivity contribution in [1.82, 2.24) is 5.32 Å². The van der Waals surface area contributed by atoms with Gasteiger partial charge in [-0.05, 0) is 25.0 Å². The molecule has 0 saturated heterocycles. The molecule has 1 aliphatic rings. The summed E-state index contributed by atoms with van der Waals surface area (Å²) < 4.78 is 25.6. The van der Waals surface area contributed by atoms with Gasteiger partial charge in [-0.2, -0.15) is 0 Å². The molecule has 1 fully saturated rings. The van der Waals surface area contributed by atoms with Crippen LogP contribution in [0.1, 0.15) is 12.8 Å². The summed E-state index contributed by atoms with van der Waals surface area (Å²) in [6.07, 6.45) is 2.17. The molecule has 86 valence electrons. The van der Waals surface area contributed by atoms with Crippen molar-refractivity contribution >= 4 is 11.6 Å². The Morgan fingerprint density at radius 2 is 1.88 bits per heavy atom. The second kappa shape index (κ2) is 4.57. The normalized spacial score (nSPS) is 14.9. The Kier molecular flexibility index (Phi) is 3.14. The van der Waals surface area contributed by atoms with E-state index in [1.807, 2.05) is 0 Å². The Morgan fingerprint density at radius 1 is 1.25 bits per heavy atom. The molecular weight excluding hydrogens is 214 g/mol. The van der Waals surface area contributed by atoms with Crippen LogP contribution >= 0.6 is 0 Å². The van der Waals surface area contributed by atoms with E-state index in [0.717, 1.165) is 31.0 Å². The molecule has 1 amide bonds. The van der Waals surface area contributed by atoms with Crippen molar-refractivity contribution in [3.05, 3.63) is 29.8 Å². The van der Waals surface area contributed by atoms with Gasteiger partial charge in [-0.15, -0.1) is 0 Å². The number of hydrogen-bond acceptors (Lipinski definition) is 2. The molecular formula is C11H12F2N2O. The molecule has 16 heavy (non-hydrogen) atoms. The van der Waals surface area contributed by atoms with Gasteiger partial charge in [-0.1, -0.05) is 0 Å². The Bertz CT molecular complexity index is 385. The van der Waals surface area contributed by atoms with Crippen molar-refractivity contribution in [2.75, 3.05) is 11.9 Å². The maximum absolute atomic E-state index is 12.8. The highest BCUT2D eigenvalue weighted by atomic mass is 19.1. The largest absolute Gasteiger partial charge is 0.325 e.